The molecule has 9 nitrogen and oxygen atoms in total. The number of carboxylic acid groups (broad SMARTS) is 1. The first kappa shape index (κ1) is 36.7. The second-order valence-corrected chi connectivity index (χ2v) is 12.8. The number of carbonyl (C=O) groups excluding carboxylic acids is 3. The zero-order valence-corrected chi connectivity index (χ0v) is 27.4. The summed E-state index contributed by atoms with van der Waals surface area (Å²) in [4.78, 5) is 50.5. The Labute approximate surface area is 280 Å². The van der Waals surface area contributed by atoms with Crippen LogP contribution in [0.5, 0.6) is 5.75 Å². The minimum atomic E-state index is -5.08. The summed E-state index contributed by atoms with van der Waals surface area (Å²) >= 11 is 3.23. The number of hydrogen-bond acceptors (Lipinski definition) is 6. The Morgan fingerprint density at radius 2 is 1.46 bits per heavy atom. The third-order valence-electron chi connectivity index (χ3n) is 8.03. The summed E-state index contributed by atoms with van der Waals surface area (Å²) in [6, 6.07) is 12.3. The van der Waals surface area contributed by atoms with Gasteiger partial charge in [0.15, 0.2) is 6.04 Å². The maximum Gasteiger partial charge on any atom is 0.490 e. The van der Waals surface area contributed by atoms with Gasteiger partial charge in [0.05, 0.1) is 6.10 Å². The zero-order valence-electron chi connectivity index (χ0n) is 25.8. The van der Waals surface area contributed by atoms with E-state index in [-0.39, 0.29) is 29.8 Å². The molecule has 2 aliphatic rings. The van der Waals surface area contributed by atoms with Crippen molar-refractivity contribution in [3.05, 3.63) is 76.3 Å². The lowest BCUT2D eigenvalue weighted by Gasteiger charge is -2.41. The van der Waals surface area contributed by atoms with Gasteiger partial charge in [-0.15, -0.1) is 0 Å². The number of nitrogens with two attached hydrogens (primary N) is 1. The van der Waals surface area contributed by atoms with Gasteiger partial charge in [0.25, 0.3) is 11.8 Å². The number of amides is 2. The summed E-state index contributed by atoms with van der Waals surface area (Å²) < 4.78 is 70.1. The van der Waals surface area contributed by atoms with Crippen LogP contribution in [-0.4, -0.2) is 70.0 Å². The fraction of sp³-hybridized carbons (Fsp3) is 0.394. The fourth-order valence-corrected chi connectivity index (χ4v) is 6.18. The molecule has 2 heterocycles. The molecule has 2 unspecified atom stereocenters. The number of Topliss-reactive ketones (excluding diaryl/α,β-unsaturated/α-hetero) is 1. The topological polar surface area (TPSA) is 139 Å². The number of nitrogens with zero attached hydrogens (tertiary/aromatic N) is 1. The van der Waals surface area contributed by atoms with E-state index in [1.165, 1.54) is 41.3 Å². The maximum absolute atomic E-state index is 16.0. The number of piperidine rings is 1. The van der Waals surface area contributed by atoms with E-state index in [9.17, 15) is 27.6 Å². The average Bonchev–Trinajstić information content (AvgIpc) is 3.28. The minimum Gasteiger partial charge on any atom is -0.491 e. The molecule has 0 saturated carbocycles. The first-order chi connectivity index (χ1) is 22.4. The largest absolute Gasteiger partial charge is 0.491 e. The molecule has 2 saturated heterocycles. The van der Waals surface area contributed by atoms with Crippen molar-refractivity contribution >= 4 is 50.3 Å². The number of carbonyl (C=O) groups is 4. The van der Waals surface area contributed by atoms with Gasteiger partial charge in [-0.2, -0.15) is 22.0 Å². The lowest BCUT2D eigenvalue weighted by molar-refractivity contribution is -0.192. The number of alkyl halides is 5. The van der Waals surface area contributed by atoms with Gasteiger partial charge in [0.1, 0.15) is 5.75 Å². The second-order valence-electron chi connectivity index (χ2n) is 11.9. The van der Waals surface area contributed by atoms with Gasteiger partial charge in [-0.3, -0.25) is 14.4 Å². The van der Waals surface area contributed by atoms with Crippen LogP contribution in [0.25, 0.3) is 10.8 Å². The van der Waals surface area contributed by atoms with E-state index in [1.807, 2.05) is 19.9 Å². The molecule has 5 rings (SSSR count). The van der Waals surface area contributed by atoms with E-state index in [2.05, 4.69) is 21.2 Å². The van der Waals surface area contributed by atoms with Crippen LogP contribution in [0.15, 0.2) is 65.1 Å². The standard InChI is InChI=1S/C31H32BrF2N3O4.C2HF3O2/c1-17(2)41-26-12-5-18-13-20(4-3-19(18)14-26)27(38)29(39)36-28(31(33,34)21-6-8-22(32)9-7-21)30(40)37-24-10-11-25(37)16-23(35)15-24;3-2(4,5)1(6)7/h3-9,12-14,17,23-25,28H,10-11,15-16,35H2,1-2H3,(H,36,39);(H,6,7)/t23?,24?,25?,28-;/m1./s1. The molecule has 4 N–H and O–H groups in total. The SMILES string of the molecule is CC(C)Oc1ccc2cc(C(=O)C(=O)N[C@H](C(=O)N3C4CCC3CC(N)C4)C(F)(F)c3ccc(Br)cc3)ccc2c1.O=C(O)C(F)(F)F. The number of ether oxygens (including phenoxy) is 1. The molecule has 2 aliphatic heterocycles. The van der Waals surface area contributed by atoms with Gasteiger partial charge in [-0.25, -0.2) is 4.79 Å². The Kier molecular flexibility index (Phi) is 11.1. The van der Waals surface area contributed by atoms with Crippen LogP contribution in [0.1, 0.15) is 55.5 Å². The molecule has 258 valence electrons. The summed E-state index contributed by atoms with van der Waals surface area (Å²) in [5, 5.41) is 10.7. The Morgan fingerprint density at radius 1 is 0.917 bits per heavy atom. The summed E-state index contributed by atoms with van der Waals surface area (Å²) in [5.74, 6) is -9.08. The number of halogens is 6. The second kappa shape index (κ2) is 14.6. The van der Waals surface area contributed by atoms with E-state index >= 15 is 8.78 Å². The van der Waals surface area contributed by atoms with Gasteiger partial charge >= 0.3 is 18.1 Å². The molecule has 15 heteroatoms. The minimum absolute atomic E-state index is 0.0138. The monoisotopic (exact) mass is 741 g/mol. The van der Waals surface area contributed by atoms with Crippen LogP contribution >= 0.6 is 15.9 Å². The third kappa shape index (κ3) is 8.48. The molecule has 0 aliphatic carbocycles. The van der Waals surface area contributed by atoms with Crippen molar-refractivity contribution in [1.29, 1.82) is 0 Å². The number of hydrogen-bond donors (Lipinski definition) is 3. The first-order valence-corrected chi connectivity index (χ1v) is 15.7. The molecule has 3 aromatic rings. The number of rotatable bonds is 8. The smallest absolute Gasteiger partial charge is 0.490 e. The summed E-state index contributed by atoms with van der Waals surface area (Å²) in [6.07, 6.45) is -2.76. The third-order valence-corrected chi connectivity index (χ3v) is 8.56. The highest BCUT2D eigenvalue weighted by Crippen LogP contribution is 2.39. The van der Waals surface area contributed by atoms with Crippen molar-refractivity contribution in [2.45, 2.75) is 81.9 Å². The number of fused-ring (bicyclic) bond motifs is 3. The van der Waals surface area contributed by atoms with Crippen molar-refractivity contribution in [2.75, 3.05) is 0 Å². The molecule has 48 heavy (non-hydrogen) atoms. The van der Waals surface area contributed by atoms with Crippen molar-refractivity contribution in [2.24, 2.45) is 5.73 Å². The van der Waals surface area contributed by atoms with Gasteiger partial charge in [0.2, 0.25) is 5.78 Å². The van der Waals surface area contributed by atoms with Crippen LogP contribution in [-0.2, 0) is 20.3 Å². The highest BCUT2D eigenvalue weighted by Gasteiger charge is 2.53. The van der Waals surface area contributed by atoms with Gasteiger partial charge in [0, 0.05) is 33.7 Å². The zero-order chi connectivity index (χ0) is 35.6. The molecule has 3 aromatic carbocycles. The number of ketones is 1. The Hall–Kier alpha value is -4.11. The van der Waals surface area contributed by atoms with E-state index in [4.69, 9.17) is 20.4 Å². The molecular weight excluding hydrogens is 709 g/mol. The van der Waals surface area contributed by atoms with E-state index in [0.717, 1.165) is 5.39 Å². The normalized spacial score (nSPS) is 19.7. The molecular formula is C33H33BrF5N3O6. The number of benzene rings is 3. The fourth-order valence-electron chi connectivity index (χ4n) is 5.91. The lowest BCUT2D eigenvalue weighted by Crippen LogP contribution is -2.61. The summed E-state index contributed by atoms with van der Waals surface area (Å²) in [6.45, 7) is 3.82. The van der Waals surface area contributed by atoms with Crippen LogP contribution in [0, 0.1) is 0 Å². The van der Waals surface area contributed by atoms with Crippen LogP contribution < -0.4 is 15.8 Å². The number of nitrogens with one attached hydrogen (secondary N) is 1. The lowest BCUT2D eigenvalue weighted by atomic mass is 9.94. The Balaban J connectivity index is 0.000000671. The van der Waals surface area contributed by atoms with Gasteiger partial charge in [-0.05, 0) is 80.6 Å². The molecule has 0 radical (unpaired) electrons. The van der Waals surface area contributed by atoms with Crippen LogP contribution in [0.2, 0.25) is 0 Å². The maximum atomic E-state index is 16.0. The van der Waals surface area contributed by atoms with Crippen LogP contribution in [0.4, 0.5) is 22.0 Å². The van der Waals surface area contributed by atoms with E-state index in [1.54, 1.807) is 18.2 Å². The Morgan fingerprint density at radius 3 is 2.00 bits per heavy atom. The van der Waals surface area contributed by atoms with Crippen molar-refractivity contribution in [3.63, 3.8) is 0 Å². The number of carboxylic acids is 1. The molecule has 3 atom stereocenters. The van der Waals surface area contributed by atoms with Crippen molar-refractivity contribution in [3.8, 4) is 5.75 Å². The molecule has 2 amide bonds. The predicted molar refractivity (Wildman–Crippen MR) is 169 cm³/mol. The highest BCUT2D eigenvalue weighted by molar-refractivity contribution is 9.10. The van der Waals surface area contributed by atoms with Gasteiger partial charge in [-0.1, -0.05) is 46.3 Å². The number of aliphatic carboxylic acids is 1. The van der Waals surface area contributed by atoms with Crippen LogP contribution in [0.3, 0.4) is 0 Å². The van der Waals surface area contributed by atoms with Gasteiger partial charge < -0.3 is 25.8 Å². The van der Waals surface area contributed by atoms with E-state index in [0.29, 0.717) is 41.3 Å². The highest BCUT2D eigenvalue weighted by atomic mass is 79.9. The molecule has 0 aromatic heterocycles. The Bertz CT molecular complexity index is 1670. The average molecular weight is 743 g/mol. The first-order valence-electron chi connectivity index (χ1n) is 15.0. The summed E-state index contributed by atoms with van der Waals surface area (Å²) in [7, 11) is 0. The molecule has 2 bridgehead atoms. The van der Waals surface area contributed by atoms with Crippen molar-refractivity contribution in [1.82, 2.24) is 10.2 Å². The van der Waals surface area contributed by atoms with E-state index < -0.39 is 47.3 Å². The van der Waals surface area contributed by atoms with Crippen molar-refractivity contribution < 1.29 is 51.0 Å². The molecule has 0 spiro atoms. The summed E-state index contributed by atoms with van der Waals surface area (Å²) in [5.41, 5.74) is 5.70. The molecule has 2 fully saturated rings. The quantitative estimate of drug-likeness (QED) is 0.147. The predicted octanol–water partition coefficient (Wildman–Crippen LogP) is 5.96.